The van der Waals surface area contributed by atoms with Crippen molar-refractivity contribution < 1.29 is 14.3 Å². The minimum Gasteiger partial charge on any atom is -0.378 e. The van der Waals surface area contributed by atoms with E-state index >= 15 is 0 Å². The molecule has 27 heavy (non-hydrogen) atoms. The molecule has 2 unspecified atom stereocenters. The number of nitrogens with two attached hydrogens (primary N) is 1. The van der Waals surface area contributed by atoms with Crippen molar-refractivity contribution in [2.45, 2.75) is 52.2 Å². The third-order valence-electron chi connectivity index (χ3n) is 6.05. The van der Waals surface area contributed by atoms with Crippen LogP contribution in [0.4, 0.5) is 16.2 Å². The molecule has 4 N–H and O–H groups in total. The monoisotopic (exact) mass is 374 g/mol. The summed E-state index contributed by atoms with van der Waals surface area (Å²) >= 11 is 0. The maximum absolute atomic E-state index is 12.9. The Kier molecular flexibility index (Phi) is 5.18. The normalized spacial score (nSPS) is 25.5. The van der Waals surface area contributed by atoms with Crippen LogP contribution in [-0.4, -0.2) is 43.3 Å². The van der Waals surface area contributed by atoms with Gasteiger partial charge in [-0.3, -0.25) is 9.69 Å². The highest BCUT2D eigenvalue weighted by atomic mass is 16.5. The molecular formula is C20H30N4O3. The number of anilines is 2. The number of hydrogen-bond donors (Lipinski definition) is 3. The van der Waals surface area contributed by atoms with E-state index in [9.17, 15) is 9.59 Å². The topological polar surface area (TPSA) is 96.7 Å². The summed E-state index contributed by atoms with van der Waals surface area (Å²) < 4.78 is 5.70. The Hall–Kier alpha value is -2.12. The molecule has 0 radical (unpaired) electrons. The van der Waals surface area contributed by atoms with E-state index in [4.69, 9.17) is 10.5 Å². The highest BCUT2D eigenvalue weighted by molar-refractivity contribution is 6.01. The van der Waals surface area contributed by atoms with Gasteiger partial charge in [0, 0.05) is 37.2 Å². The van der Waals surface area contributed by atoms with E-state index in [0.717, 1.165) is 17.7 Å². The first-order valence-corrected chi connectivity index (χ1v) is 9.64. The number of benzene rings is 1. The number of fused-ring (bicyclic) bond motifs is 1. The van der Waals surface area contributed by atoms with Gasteiger partial charge in [0.25, 0.3) is 0 Å². The Bertz CT molecular complexity index is 749. The van der Waals surface area contributed by atoms with Crippen molar-refractivity contribution in [2.75, 3.05) is 29.9 Å². The molecule has 7 heteroatoms. The molecule has 2 atom stereocenters. The fourth-order valence-corrected chi connectivity index (χ4v) is 3.98. The minimum atomic E-state index is -0.981. The van der Waals surface area contributed by atoms with Gasteiger partial charge >= 0.3 is 6.03 Å². The molecule has 1 fully saturated rings. The molecule has 0 aromatic heterocycles. The first-order valence-electron chi connectivity index (χ1n) is 9.64. The lowest BCUT2D eigenvalue weighted by Gasteiger charge is -2.57. The molecule has 0 spiro atoms. The lowest BCUT2D eigenvalue weighted by atomic mass is 9.54. The fraction of sp³-hybridized carbons (Fsp3) is 0.600. The SMILES string of the molecule is CCNC(=O)N1CCc2ccc(NC(=O)C3(N)CC(OCC)C3(C)C)cc21. The smallest absolute Gasteiger partial charge is 0.321 e. The van der Waals surface area contributed by atoms with Gasteiger partial charge in [-0.2, -0.15) is 0 Å². The first-order chi connectivity index (χ1) is 12.7. The Morgan fingerprint density at radius 1 is 1.33 bits per heavy atom. The zero-order valence-corrected chi connectivity index (χ0v) is 16.6. The molecule has 1 saturated carbocycles. The van der Waals surface area contributed by atoms with Crippen LogP contribution in [-0.2, 0) is 16.0 Å². The molecule has 3 amide bonds. The summed E-state index contributed by atoms with van der Waals surface area (Å²) in [6, 6.07) is 5.56. The molecule has 3 rings (SSSR count). The predicted molar refractivity (Wildman–Crippen MR) is 106 cm³/mol. The molecular weight excluding hydrogens is 344 g/mol. The highest BCUT2D eigenvalue weighted by Gasteiger charge is 2.62. The van der Waals surface area contributed by atoms with Crippen LogP contribution in [0.2, 0.25) is 0 Å². The molecule has 148 valence electrons. The fourth-order valence-electron chi connectivity index (χ4n) is 3.98. The Balaban J connectivity index is 1.75. The van der Waals surface area contributed by atoms with Gasteiger partial charge in [-0.1, -0.05) is 19.9 Å². The van der Waals surface area contributed by atoms with Crippen LogP contribution in [0.5, 0.6) is 0 Å². The van der Waals surface area contributed by atoms with E-state index in [1.54, 1.807) is 4.90 Å². The third-order valence-corrected chi connectivity index (χ3v) is 6.05. The van der Waals surface area contributed by atoms with Crippen LogP contribution < -0.4 is 21.3 Å². The number of carbonyl (C=O) groups excluding carboxylic acids is 2. The van der Waals surface area contributed by atoms with E-state index in [0.29, 0.717) is 31.8 Å². The lowest BCUT2D eigenvalue weighted by Crippen LogP contribution is -2.74. The molecule has 0 bridgehead atoms. The van der Waals surface area contributed by atoms with Crippen molar-refractivity contribution in [2.24, 2.45) is 11.1 Å². The Labute approximate surface area is 160 Å². The van der Waals surface area contributed by atoms with Gasteiger partial charge in [-0.25, -0.2) is 4.79 Å². The van der Waals surface area contributed by atoms with E-state index < -0.39 is 11.0 Å². The van der Waals surface area contributed by atoms with Gasteiger partial charge in [-0.05, 0) is 38.0 Å². The summed E-state index contributed by atoms with van der Waals surface area (Å²) in [5.74, 6) is -0.217. The van der Waals surface area contributed by atoms with Crippen LogP contribution in [0.1, 0.15) is 39.7 Å². The molecule has 1 aromatic rings. The maximum Gasteiger partial charge on any atom is 0.321 e. The largest absolute Gasteiger partial charge is 0.378 e. The summed E-state index contributed by atoms with van der Waals surface area (Å²) in [7, 11) is 0. The molecule has 1 aromatic carbocycles. The number of nitrogens with one attached hydrogen (secondary N) is 2. The Morgan fingerprint density at radius 2 is 2.07 bits per heavy atom. The standard InChI is InChI=1S/C20H30N4O3/c1-5-22-18(26)24-10-9-13-7-8-14(11-15(13)24)23-17(25)20(21)12-16(27-6-2)19(20,3)4/h7-8,11,16H,5-6,9-10,12,21H2,1-4H3,(H,22,26)(H,23,25). The first kappa shape index (κ1) is 19.6. The molecule has 7 nitrogen and oxygen atoms in total. The summed E-state index contributed by atoms with van der Waals surface area (Å²) in [6.45, 7) is 9.59. The minimum absolute atomic E-state index is 0.0218. The van der Waals surface area contributed by atoms with Gasteiger partial charge in [0.1, 0.15) is 5.54 Å². The number of rotatable bonds is 5. The molecule has 1 aliphatic heterocycles. The van der Waals surface area contributed by atoms with E-state index in [-0.39, 0.29) is 18.0 Å². The van der Waals surface area contributed by atoms with Crippen LogP contribution >= 0.6 is 0 Å². The number of urea groups is 1. The van der Waals surface area contributed by atoms with Crippen molar-refractivity contribution in [3.8, 4) is 0 Å². The molecule has 1 aliphatic carbocycles. The van der Waals surface area contributed by atoms with Crippen molar-refractivity contribution in [1.29, 1.82) is 0 Å². The second-order valence-corrected chi connectivity index (χ2v) is 7.88. The van der Waals surface area contributed by atoms with Crippen LogP contribution in [0.3, 0.4) is 0 Å². The Morgan fingerprint density at radius 3 is 2.70 bits per heavy atom. The van der Waals surface area contributed by atoms with Crippen molar-refractivity contribution in [3.63, 3.8) is 0 Å². The van der Waals surface area contributed by atoms with Gasteiger partial charge < -0.3 is 21.1 Å². The van der Waals surface area contributed by atoms with Gasteiger partial charge in [-0.15, -0.1) is 0 Å². The van der Waals surface area contributed by atoms with Crippen molar-refractivity contribution in [3.05, 3.63) is 23.8 Å². The summed E-state index contributed by atoms with van der Waals surface area (Å²) in [5, 5.41) is 5.77. The lowest BCUT2D eigenvalue weighted by molar-refractivity contribution is -0.166. The predicted octanol–water partition coefficient (Wildman–Crippen LogP) is 2.25. The van der Waals surface area contributed by atoms with Crippen LogP contribution in [0.25, 0.3) is 0 Å². The third kappa shape index (κ3) is 3.19. The van der Waals surface area contributed by atoms with Gasteiger partial charge in [0.15, 0.2) is 0 Å². The average Bonchev–Trinajstić information content (AvgIpc) is 3.04. The van der Waals surface area contributed by atoms with Gasteiger partial charge in [0.2, 0.25) is 5.91 Å². The number of hydrogen-bond acceptors (Lipinski definition) is 4. The number of ether oxygens (including phenoxy) is 1. The summed E-state index contributed by atoms with van der Waals surface area (Å²) in [6.07, 6.45) is 1.28. The molecule has 1 heterocycles. The van der Waals surface area contributed by atoms with Crippen molar-refractivity contribution in [1.82, 2.24) is 5.32 Å². The highest BCUT2D eigenvalue weighted by Crippen LogP contribution is 2.50. The van der Waals surface area contributed by atoms with E-state index in [1.165, 1.54) is 0 Å². The van der Waals surface area contributed by atoms with Crippen LogP contribution in [0, 0.1) is 5.41 Å². The van der Waals surface area contributed by atoms with Gasteiger partial charge in [0.05, 0.1) is 11.8 Å². The van der Waals surface area contributed by atoms with Crippen LogP contribution in [0.15, 0.2) is 18.2 Å². The zero-order chi connectivity index (χ0) is 19.8. The zero-order valence-electron chi connectivity index (χ0n) is 16.6. The average molecular weight is 374 g/mol. The number of nitrogens with zero attached hydrogens (tertiary/aromatic N) is 1. The number of amides is 3. The second kappa shape index (κ2) is 7.13. The quantitative estimate of drug-likeness (QED) is 0.736. The molecule has 0 saturated heterocycles. The maximum atomic E-state index is 12.9. The van der Waals surface area contributed by atoms with Crippen molar-refractivity contribution >= 4 is 23.3 Å². The molecule has 2 aliphatic rings. The van der Waals surface area contributed by atoms with E-state index in [2.05, 4.69) is 10.6 Å². The second-order valence-electron chi connectivity index (χ2n) is 7.88. The van der Waals surface area contributed by atoms with E-state index in [1.807, 2.05) is 45.9 Å². The summed E-state index contributed by atoms with van der Waals surface area (Å²) in [4.78, 5) is 26.9. The summed E-state index contributed by atoms with van der Waals surface area (Å²) in [5.41, 5.74) is 7.61. The number of carbonyl (C=O) groups is 2.